The van der Waals surface area contributed by atoms with E-state index in [1.54, 1.807) is 18.6 Å². The average molecular weight is 200 g/mol. The summed E-state index contributed by atoms with van der Waals surface area (Å²) >= 11 is 0. The highest BCUT2D eigenvalue weighted by atomic mass is 15.2. The average Bonchev–Trinajstić information content (AvgIpc) is 2.33. The maximum atomic E-state index is 5.52. The van der Waals surface area contributed by atoms with Gasteiger partial charge >= 0.3 is 0 Å². The Morgan fingerprint density at radius 3 is 2.67 bits per heavy atom. The van der Waals surface area contributed by atoms with E-state index in [1.807, 2.05) is 30.3 Å². The molecule has 2 rings (SSSR count). The van der Waals surface area contributed by atoms with Crippen LogP contribution in [0.15, 0.2) is 48.9 Å². The fourth-order valence-electron chi connectivity index (χ4n) is 1.45. The minimum absolute atomic E-state index is 0.111. The fourth-order valence-corrected chi connectivity index (χ4v) is 1.45. The van der Waals surface area contributed by atoms with Crippen LogP contribution in [0.1, 0.15) is 17.3 Å². The van der Waals surface area contributed by atoms with Gasteiger partial charge in [-0.25, -0.2) is 5.43 Å². The molecule has 0 amide bonds. The van der Waals surface area contributed by atoms with Crippen LogP contribution in [0.2, 0.25) is 0 Å². The second kappa shape index (κ2) is 4.63. The third-order valence-corrected chi connectivity index (χ3v) is 2.17. The molecule has 2 aromatic heterocycles. The summed E-state index contributed by atoms with van der Waals surface area (Å²) in [5, 5.41) is 0. The number of hydrazine groups is 1. The smallest absolute Gasteiger partial charge is 0.0896 e. The maximum Gasteiger partial charge on any atom is 0.0896 e. The zero-order valence-corrected chi connectivity index (χ0v) is 8.17. The molecule has 0 radical (unpaired) electrons. The van der Waals surface area contributed by atoms with Crippen molar-refractivity contribution in [1.29, 1.82) is 0 Å². The molecule has 2 aromatic rings. The van der Waals surface area contributed by atoms with Crippen LogP contribution < -0.4 is 11.3 Å². The number of pyridine rings is 2. The fraction of sp³-hybridized carbons (Fsp3) is 0.0909. The van der Waals surface area contributed by atoms with Gasteiger partial charge in [-0.15, -0.1) is 0 Å². The van der Waals surface area contributed by atoms with E-state index in [2.05, 4.69) is 15.4 Å². The SMILES string of the molecule is NNC(c1cccnc1)c1ccccn1. The first-order valence-corrected chi connectivity index (χ1v) is 4.69. The summed E-state index contributed by atoms with van der Waals surface area (Å²) in [4.78, 5) is 8.31. The molecule has 0 aliphatic carbocycles. The van der Waals surface area contributed by atoms with Crippen molar-refractivity contribution in [2.75, 3.05) is 0 Å². The largest absolute Gasteiger partial charge is 0.271 e. The Hall–Kier alpha value is -1.78. The predicted molar refractivity (Wildman–Crippen MR) is 57.6 cm³/mol. The number of aromatic nitrogens is 2. The van der Waals surface area contributed by atoms with E-state index in [0.29, 0.717) is 0 Å². The van der Waals surface area contributed by atoms with Crippen molar-refractivity contribution in [3.63, 3.8) is 0 Å². The van der Waals surface area contributed by atoms with E-state index in [-0.39, 0.29) is 6.04 Å². The van der Waals surface area contributed by atoms with Gasteiger partial charge in [-0.2, -0.15) is 0 Å². The number of nitrogens with two attached hydrogens (primary N) is 1. The summed E-state index contributed by atoms with van der Waals surface area (Å²) in [7, 11) is 0. The third kappa shape index (κ3) is 2.18. The van der Waals surface area contributed by atoms with Gasteiger partial charge in [0.2, 0.25) is 0 Å². The van der Waals surface area contributed by atoms with Crippen molar-refractivity contribution in [1.82, 2.24) is 15.4 Å². The Kier molecular flexibility index (Phi) is 3.02. The van der Waals surface area contributed by atoms with E-state index in [0.717, 1.165) is 11.3 Å². The van der Waals surface area contributed by atoms with Crippen LogP contribution in [0, 0.1) is 0 Å². The molecule has 0 aromatic carbocycles. The Morgan fingerprint density at radius 2 is 2.07 bits per heavy atom. The van der Waals surface area contributed by atoms with E-state index in [4.69, 9.17) is 5.84 Å². The van der Waals surface area contributed by atoms with E-state index < -0.39 is 0 Å². The topological polar surface area (TPSA) is 63.8 Å². The zero-order valence-electron chi connectivity index (χ0n) is 8.17. The molecule has 0 saturated carbocycles. The monoisotopic (exact) mass is 200 g/mol. The Bertz CT molecular complexity index is 362. The van der Waals surface area contributed by atoms with Crippen molar-refractivity contribution in [3.8, 4) is 0 Å². The molecular weight excluding hydrogens is 188 g/mol. The summed E-state index contributed by atoms with van der Waals surface area (Å²) in [5.74, 6) is 5.52. The van der Waals surface area contributed by atoms with Crippen LogP contribution in [0.5, 0.6) is 0 Å². The van der Waals surface area contributed by atoms with Crippen LogP contribution in [0.25, 0.3) is 0 Å². The molecule has 0 fully saturated rings. The van der Waals surface area contributed by atoms with Gasteiger partial charge in [-0.3, -0.25) is 15.8 Å². The molecule has 4 nitrogen and oxygen atoms in total. The lowest BCUT2D eigenvalue weighted by Gasteiger charge is -2.14. The standard InChI is InChI=1S/C11H12N4/c12-15-11(9-4-3-6-13-8-9)10-5-1-2-7-14-10/h1-8,11,15H,12H2. The molecule has 0 bridgehead atoms. The van der Waals surface area contributed by atoms with Crippen molar-refractivity contribution in [2.24, 2.45) is 5.84 Å². The molecule has 0 spiro atoms. The lowest BCUT2D eigenvalue weighted by Crippen LogP contribution is -2.29. The van der Waals surface area contributed by atoms with E-state index >= 15 is 0 Å². The molecule has 2 heterocycles. The van der Waals surface area contributed by atoms with Crippen LogP contribution in [0.3, 0.4) is 0 Å². The molecule has 1 atom stereocenters. The Labute approximate surface area is 88.2 Å². The van der Waals surface area contributed by atoms with Crippen LogP contribution in [-0.4, -0.2) is 9.97 Å². The molecule has 15 heavy (non-hydrogen) atoms. The molecule has 4 heteroatoms. The number of hydrogen-bond donors (Lipinski definition) is 2. The molecule has 0 aliphatic rings. The van der Waals surface area contributed by atoms with Gasteiger partial charge in [0.25, 0.3) is 0 Å². The van der Waals surface area contributed by atoms with Crippen LogP contribution >= 0.6 is 0 Å². The third-order valence-electron chi connectivity index (χ3n) is 2.17. The summed E-state index contributed by atoms with van der Waals surface area (Å²) < 4.78 is 0. The molecule has 0 aliphatic heterocycles. The molecule has 76 valence electrons. The van der Waals surface area contributed by atoms with Crippen molar-refractivity contribution in [2.45, 2.75) is 6.04 Å². The lowest BCUT2D eigenvalue weighted by molar-refractivity contribution is 0.619. The van der Waals surface area contributed by atoms with Gasteiger partial charge in [-0.05, 0) is 23.8 Å². The van der Waals surface area contributed by atoms with Crippen LogP contribution in [-0.2, 0) is 0 Å². The second-order valence-corrected chi connectivity index (χ2v) is 3.14. The first-order chi connectivity index (χ1) is 7.42. The predicted octanol–water partition coefficient (Wildman–Crippen LogP) is 1.03. The van der Waals surface area contributed by atoms with Crippen molar-refractivity contribution < 1.29 is 0 Å². The zero-order chi connectivity index (χ0) is 10.5. The highest BCUT2D eigenvalue weighted by molar-refractivity contribution is 5.24. The van der Waals surface area contributed by atoms with Gasteiger partial charge in [0.15, 0.2) is 0 Å². The van der Waals surface area contributed by atoms with Crippen molar-refractivity contribution >= 4 is 0 Å². The summed E-state index contributed by atoms with van der Waals surface area (Å²) in [6, 6.07) is 9.47. The van der Waals surface area contributed by atoms with Gasteiger partial charge < -0.3 is 0 Å². The molecular formula is C11H12N4. The lowest BCUT2D eigenvalue weighted by atomic mass is 10.1. The summed E-state index contributed by atoms with van der Waals surface area (Å²) in [6.45, 7) is 0. The highest BCUT2D eigenvalue weighted by Crippen LogP contribution is 2.17. The first-order valence-electron chi connectivity index (χ1n) is 4.69. The highest BCUT2D eigenvalue weighted by Gasteiger charge is 2.12. The number of nitrogens with one attached hydrogen (secondary N) is 1. The quantitative estimate of drug-likeness (QED) is 0.573. The first kappa shape index (κ1) is 9.76. The number of hydrogen-bond acceptors (Lipinski definition) is 4. The maximum absolute atomic E-state index is 5.52. The molecule has 0 saturated heterocycles. The second-order valence-electron chi connectivity index (χ2n) is 3.14. The van der Waals surface area contributed by atoms with Gasteiger partial charge in [0, 0.05) is 18.6 Å². The Morgan fingerprint density at radius 1 is 1.13 bits per heavy atom. The normalized spacial score (nSPS) is 12.3. The Balaban J connectivity index is 2.34. The minimum atomic E-state index is -0.111. The molecule has 1 unspecified atom stereocenters. The molecule has 3 N–H and O–H groups in total. The van der Waals surface area contributed by atoms with Crippen molar-refractivity contribution in [3.05, 3.63) is 60.2 Å². The van der Waals surface area contributed by atoms with Gasteiger partial charge in [-0.1, -0.05) is 12.1 Å². The number of rotatable bonds is 3. The van der Waals surface area contributed by atoms with E-state index in [9.17, 15) is 0 Å². The number of nitrogens with zero attached hydrogens (tertiary/aromatic N) is 2. The minimum Gasteiger partial charge on any atom is -0.271 e. The van der Waals surface area contributed by atoms with Crippen LogP contribution in [0.4, 0.5) is 0 Å². The van der Waals surface area contributed by atoms with Gasteiger partial charge in [0.05, 0.1) is 11.7 Å². The van der Waals surface area contributed by atoms with Gasteiger partial charge in [0.1, 0.15) is 0 Å². The summed E-state index contributed by atoms with van der Waals surface area (Å²) in [6.07, 6.45) is 5.25. The summed E-state index contributed by atoms with van der Waals surface area (Å²) in [5.41, 5.74) is 4.61. The van der Waals surface area contributed by atoms with E-state index in [1.165, 1.54) is 0 Å².